The largest absolute Gasteiger partial charge is 0.486 e. The van der Waals surface area contributed by atoms with Crippen LogP contribution in [0.2, 0.25) is 0 Å². The van der Waals surface area contributed by atoms with E-state index in [1.54, 1.807) is 6.07 Å². The molecule has 0 saturated heterocycles. The van der Waals surface area contributed by atoms with Crippen LogP contribution in [0.25, 0.3) is 0 Å². The first kappa shape index (κ1) is 16.5. The van der Waals surface area contributed by atoms with E-state index >= 15 is 0 Å². The zero-order chi connectivity index (χ0) is 14.7. The normalized spacial score (nSPS) is 10.7. The van der Waals surface area contributed by atoms with Gasteiger partial charge >= 0.3 is 0 Å². The molecule has 0 aliphatic rings. The maximum Gasteiger partial charge on any atom is 0.148 e. The minimum absolute atomic E-state index is 0.281. The average Bonchev–Trinajstić information content (AvgIpc) is 2.42. The molecule has 2 aromatic carbocycles. The molecule has 0 heterocycles. The van der Waals surface area contributed by atoms with Crippen molar-refractivity contribution in [3.05, 3.63) is 60.7 Å². The molecule has 0 radical (unpaired) electrons. The van der Waals surface area contributed by atoms with Crippen LogP contribution in [0.4, 0.5) is 4.39 Å². The van der Waals surface area contributed by atoms with Gasteiger partial charge in [0.2, 0.25) is 0 Å². The molecular weight excluding hydrogens is 523 g/mol. The van der Waals surface area contributed by atoms with Gasteiger partial charge in [0.1, 0.15) is 18.2 Å². The summed E-state index contributed by atoms with van der Waals surface area (Å²) < 4.78 is 21.4. The van der Waals surface area contributed by atoms with Crippen molar-refractivity contribution in [3.8, 4) is 5.75 Å². The topological polar surface area (TPSA) is 9.23 Å². The Morgan fingerprint density at radius 3 is 2.30 bits per heavy atom. The predicted molar refractivity (Wildman–Crippen MR) is 92.9 cm³/mol. The molecule has 0 unspecified atom stereocenters. The van der Waals surface area contributed by atoms with Crippen LogP contribution in [0.15, 0.2) is 43.7 Å². The standard InChI is InChI=1S/C14H9Br4FO/c15-6-8-4-10(16)14(11(17)5-8)20-7-9-2-1-3-12(19)13(9)18/h1-5H,6-7H2. The number of hydrogen-bond donors (Lipinski definition) is 0. The van der Waals surface area contributed by atoms with Gasteiger partial charge in [-0.3, -0.25) is 0 Å². The lowest BCUT2D eigenvalue weighted by Crippen LogP contribution is -1.99. The van der Waals surface area contributed by atoms with Gasteiger partial charge in [-0.1, -0.05) is 28.1 Å². The maximum atomic E-state index is 13.4. The van der Waals surface area contributed by atoms with E-state index in [4.69, 9.17) is 4.74 Å². The van der Waals surface area contributed by atoms with Gasteiger partial charge in [0.25, 0.3) is 0 Å². The SMILES string of the molecule is Fc1cccc(COc2c(Br)cc(CBr)cc2Br)c1Br. The zero-order valence-electron chi connectivity index (χ0n) is 10.1. The molecule has 2 rings (SSSR count). The van der Waals surface area contributed by atoms with Crippen LogP contribution in [0.1, 0.15) is 11.1 Å². The van der Waals surface area contributed by atoms with Gasteiger partial charge in [-0.15, -0.1) is 0 Å². The van der Waals surface area contributed by atoms with Crippen LogP contribution in [0.5, 0.6) is 5.75 Å². The molecule has 0 spiro atoms. The number of alkyl halides is 1. The second-order valence-electron chi connectivity index (χ2n) is 4.02. The van der Waals surface area contributed by atoms with E-state index in [0.29, 0.717) is 10.2 Å². The van der Waals surface area contributed by atoms with Gasteiger partial charge in [0.15, 0.2) is 0 Å². The lowest BCUT2D eigenvalue weighted by atomic mass is 10.2. The van der Waals surface area contributed by atoms with Gasteiger partial charge < -0.3 is 4.74 Å². The Kier molecular flexibility index (Phi) is 6.08. The molecule has 0 aromatic heterocycles. The van der Waals surface area contributed by atoms with Crippen molar-refractivity contribution in [1.29, 1.82) is 0 Å². The molecule has 0 atom stereocenters. The van der Waals surface area contributed by atoms with E-state index in [1.807, 2.05) is 18.2 Å². The number of ether oxygens (including phenoxy) is 1. The zero-order valence-corrected chi connectivity index (χ0v) is 16.4. The number of benzene rings is 2. The second-order valence-corrected chi connectivity index (χ2v) is 7.09. The summed E-state index contributed by atoms with van der Waals surface area (Å²) in [6, 6.07) is 8.85. The molecule has 106 valence electrons. The molecule has 0 aliphatic heterocycles. The van der Waals surface area contributed by atoms with Crippen LogP contribution in [-0.4, -0.2) is 0 Å². The van der Waals surface area contributed by atoms with Crippen molar-refractivity contribution in [2.24, 2.45) is 0 Å². The van der Waals surface area contributed by atoms with Gasteiger partial charge in [0, 0.05) is 10.9 Å². The Hall–Kier alpha value is 0.0900. The van der Waals surface area contributed by atoms with Crippen LogP contribution in [0, 0.1) is 5.82 Å². The van der Waals surface area contributed by atoms with Crippen molar-refractivity contribution in [2.45, 2.75) is 11.9 Å². The third kappa shape index (κ3) is 3.84. The molecule has 0 aliphatic carbocycles. The van der Waals surface area contributed by atoms with Gasteiger partial charge in [-0.25, -0.2) is 4.39 Å². The molecule has 0 saturated carbocycles. The molecule has 1 nitrogen and oxygen atoms in total. The first-order valence-electron chi connectivity index (χ1n) is 5.62. The summed E-state index contributed by atoms with van der Waals surface area (Å²) in [6.45, 7) is 0.281. The fourth-order valence-electron chi connectivity index (χ4n) is 1.64. The smallest absolute Gasteiger partial charge is 0.148 e. The maximum absolute atomic E-state index is 13.4. The third-order valence-electron chi connectivity index (χ3n) is 2.62. The van der Waals surface area contributed by atoms with E-state index in [2.05, 4.69) is 63.7 Å². The lowest BCUT2D eigenvalue weighted by molar-refractivity contribution is 0.300. The summed E-state index contributed by atoms with van der Waals surface area (Å²) in [5.41, 5.74) is 1.89. The van der Waals surface area contributed by atoms with Crippen molar-refractivity contribution >= 4 is 63.7 Å². The summed E-state index contributed by atoms with van der Waals surface area (Å²) in [5.74, 6) is 0.407. The van der Waals surface area contributed by atoms with E-state index in [0.717, 1.165) is 25.4 Å². The van der Waals surface area contributed by atoms with Gasteiger partial charge in [-0.05, 0) is 71.6 Å². The highest BCUT2D eigenvalue weighted by molar-refractivity contribution is 9.11. The minimum Gasteiger partial charge on any atom is -0.486 e. The Labute approximate surface area is 150 Å². The van der Waals surface area contributed by atoms with Crippen molar-refractivity contribution in [2.75, 3.05) is 0 Å². The average molecular weight is 532 g/mol. The summed E-state index contributed by atoms with van der Waals surface area (Å²) in [5, 5.41) is 0.764. The highest BCUT2D eigenvalue weighted by Crippen LogP contribution is 2.36. The number of halogens is 5. The highest BCUT2D eigenvalue weighted by Gasteiger charge is 2.11. The van der Waals surface area contributed by atoms with E-state index in [1.165, 1.54) is 6.07 Å². The fraction of sp³-hybridized carbons (Fsp3) is 0.143. The van der Waals surface area contributed by atoms with E-state index < -0.39 is 0 Å². The Balaban J connectivity index is 2.21. The quantitative estimate of drug-likeness (QED) is 0.405. The third-order valence-corrected chi connectivity index (χ3v) is 5.33. The molecule has 2 aromatic rings. The molecule has 0 bridgehead atoms. The Morgan fingerprint density at radius 1 is 1.05 bits per heavy atom. The summed E-state index contributed by atoms with van der Waals surface area (Å²) in [4.78, 5) is 0. The van der Waals surface area contributed by atoms with Crippen LogP contribution >= 0.6 is 63.7 Å². The van der Waals surface area contributed by atoms with E-state index in [9.17, 15) is 4.39 Å². The van der Waals surface area contributed by atoms with Crippen molar-refractivity contribution in [1.82, 2.24) is 0 Å². The molecule has 0 N–H and O–H groups in total. The monoisotopic (exact) mass is 528 g/mol. The van der Waals surface area contributed by atoms with Crippen LogP contribution in [-0.2, 0) is 11.9 Å². The lowest BCUT2D eigenvalue weighted by Gasteiger charge is -2.12. The minimum atomic E-state index is -0.293. The predicted octanol–water partition coefficient (Wildman–Crippen LogP) is 6.59. The van der Waals surface area contributed by atoms with Crippen molar-refractivity contribution < 1.29 is 9.13 Å². The second kappa shape index (κ2) is 7.38. The number of hydrogen-bond acceptors (Lipinski definition) is 1. The summed E-state index contributed by atoms with van der Waals surface area (Å²) in [6.07, 6.45) is 0. The fourth-order valence-corrected chi connectivity index (χ4v) is 3.85. The number of rotatable bonds is 4. The summed E-state index contributed by atoms with van der Waals surface area (Å²) in [7, 11) is 0. The van der Waals surface area contributed by atoms with Crippen molar-refractivity contribution in [3.63, 3.8) is 0 Å². The highest BCUT2D eigenvalue weighted by atomic mass is 79.9. The first-order valence-corrected chi connectivity index (χ1v) is 9.12. The van der Waals surface area contributed by atoms with E-state index in [-0.39, 0.29) is 12.4 Å². The molecule has 20 heavy (non-hydrogen) atoms. The Bertz CT molecular complexity index is 608. The Morgan fingerprint density at radius 2 is 1.70 bits per heavy atom. The first-order chi connectivity index (χ1) is 9.52. The molecular formula is C14H9Br4FO. The molecule has 0 amide bonds. The van der Waals surface area contributed by atoms with Gasteiger partial charge in [-0.2, -0.15) is 0 Å². The van der Waals surface area contributed by atoms with Crippen LogP contribution in [0.3, 0.4) is 0 Å². The van der Waals surface area contributed by atoms with Crippen LogP contribution < -0.4 is 4.74 Å². The van der Waals surface area contributed by atoms with Gasteiger partial charge in [0.05, 0.1) is 13.4 Å². The molecule has 0 fully saturated rings. The molecule has 6 heteroatoms. The summed E-state index contributed by atoms with van der Waals surface area (Å²) >= 11 is 13.6.